The van der Waals surface area contributed by atoms with E-state index >= 15 is 0 Å². The van der Waals surface area contributed by atoms with Crippen LogP contribution in [0.1, 0.15) is 51.4 Å². The van der Waals surface area contributed by atoms with E-state index in [4.69, 9.17) is 4.74 Å². The lowest BCUT2D eigenvalue weighted by molar-refractivity contribution is -0.126. The van der Waals surface area contributed by atoms with Gasteiger partial charge in [0, 0.05) is 25.0 Å². The molecular weight excluding hydrogens is 292 g/mol. The molecule has 0 aromatic heterocycles. The summed E-state index contributed by atoms with van der Waals surface area (Å²) in [6, 6.07) is 0.196. The van der Waals surface area contributed by atoms with E-state index in [0.29, 0.717) is 25.7 Å². The van der Waals surface area contributed by atoms with Gasteiger partial charge in [0.05, 0.1) is 25.9 Å². The van der Waals surface area contributed by atoms with Crippen LogP contribution in [-0.4, -0.2) is 60.9 Å². The average molecular weight is 324 g/mol. The van der Waals surface area contributed by atoms with Crippen molar-refractivity contribution in [2.75, 3.05) is 32.8 Å². The number of nitrogens with zero attached hydrogens (tertiary/aromatic N) is 1. The summed E-state index contributed by atoms with van der Waals surface area (Å²) in [4.78, 5) is 14.6. The van der Waals surface area contributed by atoms with Crippen LogP contribution in [0.5, 0.6) is 0 Å². The van der Waals surface area contributed by atoms with Crippen molar-refractivity contribution in [1.29, 1.82) is 0 Å². The number of morpholine rings is 1. The second kappa shape index (κ2) is 8.45. The molecule has 3 aliphatic rings. The molecule has 132 valence electrons. The first-order valence-electron chi connectivity index (χ1n) is 9.50. The molecule has 3 rings (SSSR count). The average Bonchev–Trinajstić information content (AvgIpc) is 3.00. The van der Waals surface area contributed by atoms with E-state index in [9.17, 15) is 9.90 Å². The SMILES string of the molecule is O=C(CN1CCOC[C@@H]1[C@H]1CCC[C@@H]1O)NCC1CCCCC1. The largest absolute Gasteiger partial charge is 0.393 e. The first-order valence-corrected chi connectivity index (χ1v) is 9.50. The Kier molecular flexibility index (Phi) is 6.31. The minimum atomic E-state index is -0.227. The molecule has 0 aromatic carbocycles. The van der Waals surface area contributed by atoms with Crippen LogP contribution in [0.4, 0.5) is 0 Å². The van der Waals surface area contributed by atoms with Crippen LogP contribution < -0.4 is 5.32 Å². The predicted octanol–water partition coefficient (Wildman–Crippen LogP) is 1.54. The molecule has 0 aromatic rings. The van der Waals surface area contributed by atoms with Crippen LogP contribution in [0.2, 0.25) is 0 Å². The fraction of sp³-hybridized carbons (Fsp3) is 0.944. The van der Waals surface area contributed by atoms with E-state index in [2.05, 4.69) is 10.2 Å². The molecule has 3 atom stereocenters. The molecule has 2 saturated carbocycles. The number of rotatable bonds is 5. The van der Waals surface area contributed by atoms with Crippen molar-refractivity contribution in [3.8, 4) is 0 Å². The second-order valence-corrected chi connectivity index (χ2v) is 7.58. The lowest BCUT2D eigenvalue weighted by Crippen LogP contribution is -2.54. The van der Waals surface area contributed by atoms with Gasteiger partial charge in [0.2, 0.25) is 5.91 Å². The number of hydrogen-bond acceptors (Lipinski definition) is 4. The van der Waals surface area contributed by atoms with Crippen molar-refractivity contribution in [2.24, 2.45) is 11.8 Å². The second-order valence-electron chi connectivity index (χ2n) is 7.58. The van der Waals surface area contributed by atoms with Gasteiger partial charge in [0.1, 0.15) is 0 Å². The number of aliphatic hydroxyl groups excluding tert-OH is 1. The first kappa shape index (κ1) is 17.2. The van der Waals surface area contributed by atoms with Gasteiger partial charge in [-0.05, 0) is 31.6 Å². The summed E-state index contributed by atoms with van der Waals surface area (Å²) < 4.78 is 5.63. The van der Waals surface area contributed by atoms with E-state index in [-0.39, 0.29) is 24.0 Å². The van der Waals surface area contributed by atoms with E-state index < -0.39 is 0 Å². The molecule has 1 aliphatic heterocycles. The molecule has 5 heteroatoms. The number of carbonyl (C=O) groups excluding carboxylic acids is 1. The third-order valence-corrected chi connectivity index (χ3v) is 5.97. The maximum absolute atomic E-state index is 12.3. The Hall–Kier alpha value is -0.650. The number of carbonyl (C=O) groups is 1. The van der Waals surface area contributed by atoms with Gasteiger partial charge in [-0.2, -0.15) is 0 Å². The predicted molar refractivity (Wildman–Crippen MR) is 89.1 cm³/mol. The molecule has 1 amide bonds. The molecule has 0 unspecified atom stereocenters. The number of amides is 1. The molecular formula is C18H32N2O3. The summed E-state index contributed by atoms with van der Waals surface area (Å²) in [6.07, 6.45) is 9.29. The van der Waals surface area contributed by atoms with Crippen molar-refractivity contribution in [3.63, 3.8) is 0 Å². The summed E-state index contributed by atoms with van der Waals surface area (Å²) in [5.74, 6) is 1.07. The number of nitrogens with one attached hydrogen (secondary N) is 1. The van der Waals surface area contributed by atoms with Gasteiger partial charge in [-0.15, -0.1) is 0 Å². The maximum atomic E-state index is 12.3. The zero-order valence-electron chi connectivity index (χ0n) is 14.2. The molecule has 0 bridgehead atoms. The Morgan fingerprint density at radius 3 is 2.70 bits per heavy atom. The smallest absolute Gasteiger partial charge is 0.234 e. The maximum Gasteiger partial charge on any atom is 0.234 e. The van der Waals surface area contributed by atoms with Crippen molar-refractivity contribution in [2.45, 2.75) is 63.5 Å². The van der Waals surface area contributed by atoms with Gasteiger partial charge in [-0.25, -0.2) is 0 Å². The summed E-state index contributed by atoms with van der Waals surface area (Å²) in [6.45, 7) is 3.42. The minimum absolute atomic E-state index is 0.134. The fourth-order valence-corrected chi connectivity index (χ4v) is 4.56. The van der Waals surface area contributed by atoms with Gasteiger partial charge in [0.15, 0.2) is 0 Å². The highest BCUT2D eigenvalue weighted by Gasteiger charge is 2.38. The highest BCUT2D eigenvalue weighted by Crippen LogP contribution is 2.32. The molecule has 1 saturated heterocycles. The van der Waals surface area contributed by atoms with Gasteiger partial charge in [0.25, 0.3) is 0 Å². The van der Waals surface area contributed by atoms with Gasteiger partial charge in [-0.3, -0.25) is 9.69 Å². The molecule has 2 aliphatic carbocycles. The molecule has 0 spiro atoms. The Bertz CT molecular complexity index is 384. The molecule has 5 nitrogen and oxygen atoms in total. The number of ether oxygens (including phenoxy) is 1. The van der Waals surface area contributed by atoms with Crippen LogP contribution in [0.25, 0.3) is 0 Å². The first-order chi connectivity index (χ1) is 11.2. The molecule has 2 N–H and O–H groups in total. The Morgan fingerprint density at radius 2 is 1.96 bits per heavy atom. The number of hydrogen-bond donors (Lipinski definition) is 2. The van der Waals surface area contributed by atoms with Crippen LogP contribution in [0, 0.1) is 11.8 Å². The molecule has 3 fully saturated rings. The Labute approximate surface area is 139 Å². The van der Waals surface area contributed by atoms with Crippen molar-refractivity contribution >= 4 is 5.91 Å². The van der Waals surface area contributed by atoms with E-state index in [1.807, 2.05) is 0 Å². The molecule has 0 radical (unpaired) electrons. The summed E-state index contributed by atoms with van der Waals surface area (Å²) in [5, 5.41) is 13.3. The van der Waals surface area contributed by atoms with E-state index in [1.54, 1.807) is 0 Å². The highest BCUT2D eigenvalue weighted by atomic mass is 16.5. The lowest BCUT2D eigenvalue weighted by atomic mass is 9.89. The Morgan fingerprint density at radius 1 is 1.13 bits per heavy atom. The van der Waals surface area contributed by atoms with Gasteiger partial charge < -0.3 is 15.2 Å². The molecule has 23 heavy (non-hydrogen) atoms. The van der Waals surface area contributed by atoms with Crippen LogP contribution >= 0.6 is 0 Å². The van der Waals surface area contributed by atoms with Crippen molar-refractivity contribution in [1.82, 2.24) is 10.2 Å². The topological polar surface area (TPSA) is 61.8 Å². The highest BCUT2D eigenvalue weighted by molar-refractivity contribution is 5.78. The fourth-order valence-electron chi connectivity index (χ4n) is 4.56. The van der Waals surface area contributed by atoms with Crippen LogP contribution in [-0.2, 0) is 9.53 Å². The van der Waals surface area contributed by atoms with Crippen LogP contribution in [0.15, 0.2) is 0 Å². The van der Waals surface area contributed by atoms with E-state index in [0.717, 1.165) is 32.4 Å². The van der Waals surface area contributed by atoms with Crippen LogP contribution in [0.3, 0.4) is 0 Å². The monoisotopic (exact) mass is 324 g/mol. The Balaban J connectivity index is 1.47. The van der Waals surface area contributed by atoms with Crippen molar-refractivity contribution < 1.29 is 14.6 Å². The lowest BCUT2D eigenvalue weighted by Gasteiger charge is -2.39. The third-order valence-electron chi connectivity index (χ3n) is 5.97. The van der Waals surface area contributed by atoms with Crippen molar-refractivity contribution in [3.05, 3.63) is 0 Å². The van der Waals surface area contributed by atoms with Gasteiger partial charge in [-0.1, -0.05) is 25.7 Å². The summed E-state index contributed by atoms with van der Waals surface area (Å²) in [7, 11) is 0. The standard InChI is InChI=1S/C18H32N2O3/c21-17-8-4-7-15(17)16-13-23-10-9-20(16)12-18(22)19-11-14-5-2-1-3-6-14/h14-17,21H,1-13H2,(H,19,22)/t15-,16-,17+/m1/s1. The summed E-state index contributed by atoms with van der Waals surface area (Å²) >= 11 is 0. The van der Waals surface area contributed by atoms with Gasteiger partial charge >= 0.3 is 0 Å². The van der Waals surface area contributed by atoms with E-state index in [1.165, 1.54) is 32.1 Å². The zero-order chi connectivity index (χ0) is 16.1. The normalized spacial score (nSPS) is 33.7. The molecule has 1 heterocycles. The zero-order valence-corrected chi connectivity index (χ0v) is 14.2. The minimum Gasteiger partial charge on any atom is -0.393 e. The summed E-state index contributed by atoms with van der Waals surface area (Å²) in [5.41, 5.74) is 0. The quantitative estimate of drug-likeness (QED) is 0.805. The third kappa shape index (κ3) is 4.68. The number of aliphatic hydroxyl groups is 1.